The van der Waals surface area contributed by atoms with Crippen LogP contribution >= 0.6 is 0 Å². The first-order chi connectivity index (χ1) is 13.9. The lowest BCUT2D eigenvalue weighted by Crippen LogP contribution is -2.47. The molecule has 0 radical (unpaired) electrons. The third-order valence-electron chi connectivity index (χ3n) is 4.27. The Labute approximate surface area is 165 Å². The van der Waals surface area contributed by atoms with Gasteiger partial charge in [-0.05, 0) is 19.1 Å². The molecule has 11 heteroatoms. The van der Waals surface area contributed by atoms with Crippen LogP contribution in [0.25, 0.3) is 0 Å². The van der Waals surface area contributed by atoms with E-state index in [1.54, 1.807) is 19.1 Å². The highest BCUT2D eigenvalue weighted by atomic mass is 16.5. The monoisotopic (exact) mass is 404 g/mol. The van der Waals surface area contributed by atoms with Crippen LogP contribution in [-0.4, -0.2) is 54.9 Å². The van der Waals surface area contributed by atoms with Gasteiger partial charge in [0.05, 0.1) is 24.1 Å². The molecule has 2 aliphatic heterocycles. The zero-order chi connectivity index (χ0) is 21.0. The van der Waals surface area contributed by atoms with Crippen LogP contribution in [0, 0.1) is 0 Å². The van der Waals surface area contributed by atoms with Gasteiger partial charge in [-0.2, -0.15) is 5.10 Å². The predicted molar refractivity (Wildman–Crippen MR) is 97.2 cm³/mol. The molecule has 3 heterocycles. The van der Waals surface area contributed by atoms with Crippen molar-refractivity contribution in [1.29, 1.82) is 0 Å². The topological polar surface area (TPSA) is 140 Å². The molecule has 0 saturated carbocycles. The molecule has 2 N–H and O–H groups in total. The molecule has 0 spiro atoms. The number of rotatable bonds is 6. The van der Waals surface area contributed by atoms with Crippen LogP contribution in [0.3, 0.4) is 0 Å². The van der Waals surface area contributed by atoms with Gasteiger partial charge in [0.1, 0.15) is 24.1 Å². The third-order valence-corrected chi connectivity index (χ3v) is 4.27. The molecule has 29 heavy (non-hydrogen) atoms. The molecule has 1 aromatic rings. The number of hydrogen-bond donors (Lipinski definition) is 2. The van der Waals surface area contributed by atoms with Crippen LogP contribution < -0.4 is 10.6 Å². The Bertz CT molecular complexity index is 888. The normalized spacial score (nSPS) is 19.3. The summed E-state index contributed by atoms with van der Waals surface area (Å²) in [6.07, 6.45) is 1.70. The number of hydrogen-bond acceptors (Lipinski definition) is 8. The minimum Gasteiger partial charge on any atom is -0.467 e. The number of hydrazone groups is 1. The largest absolute Gasteiger partial charge is 0.467 e. The molecule has 0 aliphatic carbocycles. The zero-order valence-electron chi connectivity index (χ0n) is 15.9. The van der Waals surface area contributed by atoms with E-state index in [1.165, 1.54) is 13.3 Å². The quantitative estimate of drug-likeness (QED) is 0.662. The highest BCUT2D eigenvalue weighted by molar-refractivity contribution is 6.37. The van der Waals surface area contributed by atoms with E-state index in [-0.39, 0.29) is 42.3 Å². The summed E-state index contributed by atoms with van der Waals surface area (Å²) in [5, 5.41) is 10.0. The number of ether oxygens (including phenoxy) is 2. The summed E-state index contributed by atoms with van der Waals surface area (Å²) >= 11 is 0. The Balaban J connectivity index is 1.84. The molecular weight excluding hydrogens is 384 g/mol. The molecule has 0 saturated heterocycles. The van der Waals surface area contributed by atoms with E-state index in [0.717, 1.165) is 5.01 Å². The average Bonchev–Trinajstić information content (AvgIpc) is 3.22. The van der Waals surface area contributed by atoms with Crippen LogP contribution in [0.5, 0.6) is 0 Å². The van der Waals surface area contributed by atoms with Crippen molar-refractivity contribution in [1.82, 2.24) is 15.6 Å². The number of carbonyl (C=O) groups is 4. The van der Waals surface area contributed by atoms with Gasteiger partial charge in [0.25, 0.3) is 0 Å². The molecular formula is C18H20N4O7. The highest BCUT2D eigenvalue weighted by Crippen LogP contribution is 2.28. The van der Waals surface area contributed by atoms with Crippen molar-refractivity contribution in [2.75, 3.05) is 20.3 Å². The van der Waals surface area contributed by atoms with Gasteiger partial charge in [-0.15, -0.1) is 0 Å². The van der Waals surface area contributed by atoms with E-state index >= 15 is 0 Å². The molecule has 1 aromatic heterocycles. The van der Waals surface area contributed by atoms with Gasteiger partial charge in [-0.25, -0.2) is 19.4 Å². The SMILES string of the molecule is CCOC(=O)C1=C(COC(=O)C2=NN(C)C(=O)CC2)NC(=O)NC1c1ccco1. The van der Waals surface area contributed by atoms with Gasteiger partial charge in [0.2, 0.25) is 5.91 Å². The second kappa shape index (κ2) is 8.59. The maximum atomic E-state index is 12.5. The van der Waals surface area contributed by atoms with E-state index in [0.29, 0.717) is 5.76 Å². The first-order valence-electron chi connectivity index (χ1n) is 8.93. The van der Waals surface area contributed by atoms with Crippen molar-refractivity contribution in [3.63, 3.8) is 0 Å². The van der Waals surface area contributed by atoms with Crippen molar-refractivity contribution in [2.45, 2.75) is 25.8 Å². The summed E-state index contributed by atoms with van der Waals surface area (Å²) in [6, 6.07) is 1.72. The summed E-state index contributed by atoms with van der Waals surface area (Å²) in [5.41, 5.74) is 0.211. The fraction of sp³-hybridized carbons (Fsp3) is 0.389. The minimum absolute atomic E-state index is 0.0621. The second-order valence-corrected chi connectivity index (χ2v) is 6.20. The molecule has 11 nitrogen and oxygen atoms in total. The standard InChI is InChI=1S/C18H20N4O7/c1-3-27-17(25)14-11(19-18(26)20-15(14)12-5-4-8-28-12)9-29-16(24)10-6-7-13(23)22(2)21-10/h4-5,8,15H,3,6-7,9H2,1-2H3,(H2,19,20,26). The summed E-state index contributed by atoms with van der Waals surface area (Å²) < 4.78 is 15.6. The Kier molecular flexibility index (Phi) is 5.96. The maximum absolute atomic E-state index is 12.5. The van der Waals surface area contributed by atoms with Gasteiger partial charge >= 0.3 is 18.0 Å². The average molecular weight is 404 g/mol. The highest BCUT2D eigenvalue weighted by Gasteiger charge is 2.36. The first kappa shape index (κ1) is 20.1. The smallest absolute Gasteiger partial charge is 0.354 e. The number of carbonyl (C=O) groups excluding carboxylic acids is 4. The van der Waals surface area contributed by atoms with Crippen LogP contribution in [0.4, 0.5) is 4.79 Å². The van der Waals surface area contributed by atoms with Crippen molar-refractivity contribution >= 4 is 29.6 Å². The van der Waals surface area contributed by atoms with Crippen LogP contribution in [-0.2, 0) is 23.9 Å². The second-order valence-electron chi connectivity index (χ2n) is 6.20. The maximum Gasteiger partial charge on any atom is 0.354 e. The molecule has 3 rings (SSSR count). The van der Waals surface area contributed by atoms with E-state index < -0.39 is 30.6 Å². The summed E-state index contributed by atoms with van der Waals surface area (Å²) in [6.45, 7) is 1.37. The third kappa shape index (κ3) is 4.45. The van der Waals surface area contributed by atoms with E-state index in [4.69, 9.17) is 13.9 Å². The molecule has 0 aromatic carbocycles. The lowest BCUT2D eigenvalue weighted by atomic mass is 10.0. The summed E-state index contributed by atoms with van der Waals surface area (Å²) in [4.78, 5) is 48.4. The van der Waals surface area contributed by atoms with Gasteiger partial charge in [0.15, 0.2) is 0 Å². The van der Waals surface area contributed by atoms with Gasteiger partial charge in [-0.1, -0.05) is 0 Å². The van der Waals surface area contributed by atoms with Crippen molar-refractivity contribution < 1.29 is 33.1 Å². The van der Waals surface area contributed by atoms with Crippen LogP contribution in [0.2, 0.25) is 0 Å². The Morgan fingerprint density at radius 3 is 2.72 bits per heavy atom. The number of nitrogens with one attached hydrogen (secondary N) is 2. The van der Waals surface area contributed by atoms with E-state index in [9.17, 15) is 19.2 Å². The lowest BCUT2D eigenvalue weighted by Gasteiger charge is -2.27. The molecule has 1 unspecified atom stereocenters. The van der Waals surface area contributed by atoms with Gasteiger partial charge in [-0.3, -0.25) is 4.79 Å². The summed E-state index contributed by atoms with van der Waals surface area (Å²) in [5.74, 6) is -1.32. The van der Waals surface area contributed by atoms with Crippen molar-refractivity contribution in [3.05, 3.63) is 35.4 Å². The molecule has 154 valence electrons. The molecule has 1 atom stereocenters. The van der Waals surface area contributed by atoms with Gasteiger partial charge < -0.3 is 24.5 Å². The molecule has 2 aliphatic rings. The number of furan rings is 1. The Morgan fingerprint density at radius 1 is 1.28 bits per heavy atom. The summed E-state index contributed by atoms with van der Waals surface area (Å²) in [7, 11) is 1.44. The predicted octanol–water partition coefficient (Wildman–Crippen LogP) is 0.602. The molecule has 0 fully saturated rings. The Morgan fingerprint density at radius 2 is 2.07 bits per heavy atom. The number of urea groups is 1. The number of esters is 2. The van der Waals surface area contributed by atoms with Crippen LogP contribution in [0.15, 0.2) is 39.2 Å². The van der Waals surface area contributed by atoms with Gasteiger partial charge in [0, 0.05) is 19.9 Å². The number of amides is 3. The minimum atomic E-state index is -0.901. The fourth-order valence-corrected chi connectivity index (χ4v) is 2.89. The first-order valence-corrected chi connectivity index (χ1v) is 8.93. The van der Waals surface area contributed by atoms with Crippen LogP contribution in [0.1, 0.15) is 31.6 Å². The molecule has 0 bridgehead atoms. The lowest BCUT2D eigenvalue weighted by molar-refractivity contribution is -0.140. The Hall–Kier alpha value is -3.63. The van der Waals surface area contributed by atoms with E-state index in [1.807, 2.05) is 0 Å². The zero-order valence-corrected chi connectivity index (χ0v) is 15.9. The van der Waals surface area contributed by atoms with Crippen molar-refractivity contribution in [2.24, 2.45) is 5.10 Å². The van der Waals surface area contributed by atoms with Crippen molar-refractivity contribution in [3.8, 4) is 0 Å². The number of nitrogens with zero attached hydrogens (tertiary/aromatic N) is 2. The fourth-order valence-electron chi connectivity index (χ4n) is 2.89. The van der Waals surface area contributed by atoms with E-state index in [2.05, 4.69) is 15.7 Å². The molecule has 3 amide bonds.